The Morgan fingerprint density at radius 2 is 2.05 bits per heavy atom. The van der Waals surface area contributed by atoms with Gasteiger partial charge in [-0.1, -0.05) is 25.1 Å². The van der Waals surface area contributed by atoms with Crippen molar-refractivity contribution in [2.24, 2.45) is 11.1 Å². The van der Waals surface area contributed by atoms with Crippen LogP contribution in [0.15, 0.2) is 18.2 Å². The lowest BCUT2D eigenvalue weighted by Crippen LogP contribution is -2.37. The predicted octanol–water partition coefficient (Wildman–Crippen LogP) is 2.58. The quantitative estimate of drug-likeness (QED) is 0.835. The van der Waals surface area contributed by atoms with E-state index in [9.17, 15) is 9.90 Å². The van der Waals surface area contributed by atoms with Gasteiger partial charge < -0.3 is 15.6 Å². The van der Waals surface area contributed by atoms with Gasteiger partial charge in [0, 0.05) is 11.6 Å². The second kappa shape index (κ2) is 6.78. The number of carbonyl (C=O) groups excluding carboxylic acids is 1. The Bertz CT molecular complexity index is 446. The molecule has 0 amide bonds. The summed E-state index contributed by atoms with van der Waals surface area (Å²) in [5, 5.41) is 10.1. The zero-order valence-electron chi connectivity index (χ0n) is 11.8. The molecule has 1 aromatic rings. The number of phenolic OH excluding ortho intramolecular Hbond substituents is 1. The van der Waals surface area contributed by atoms with E-state index in [2.05, 4.69) is 0 Å². The molecule has 0 unspecified atom stereocenters. The average molecular weight is 288 g/mol. The van der Waals surface area contributed by atoms with E-state index in [1.54, 1.807) is 19.9 Å². The maximum atomic E-state index is 11.7. The number of hydrogen-bond acceptors (Lipinski definition) is 4. The lowest BCUT2D eigenvalue weighted by Gasteiger charge is -2.29. The second-order valence-corrected chi connectivity index (χ2v) is 4.90. The van der Waals surface area contributed by atoms with Gasteiger partial charge in [0.15, 0.2) is 0 Å². The van der Waals surface area contributed by atoms with Crippen molar-refractivity contribution in [2.45, 2.75) is 33.2 Å². The molecular formula is C14H22ClNO3. The number of ether oxygens (including phenoxy) is 1. The van der Waals surface area contributed by atoms with E-state index in [-0.39, 0.29) is 18.2 Å². The van der Waals surface area contributed by atoms with Crippen LogP contribution in [0.25, 0.3) is 0 Å². The Labute approximate surface area is 120 Å². The number of rotatable bonds is 4. The highest BCUT2D eigenvalue weighted by Crippen LogP contribution is 2.37. The molecule has 1 atom stereocenters. The molecule has 0 bridgehead atoms. The van der Waals surface area contributed by atoms with Gasteiger partial charge in [-0.15, -0.1) is 12.4 Å². The number of para-hydroxylation sites is 1. The van der Waals surface area contributed by atoms with Gasteiger partial charge in [0.1, 0.15) is 5.75 Å². The Hall–Kier alpha value is -1.26. The van der Waals surface area contributed by atoms with Crippen molar-refractivity contribution in [3.8, 4) is 5.75 Å². The van der Waals surface area contributed by atoms with Crippen molar-refractivity contribution in [3.05, 3.63) is 29.3 Å². The number of nitrogens with two attached hydrogens (primary N) is 1. The third-order valence-corrected chi connectivity index (χ3v) is 3.36. The van der Waals surface area contributed by atoms with Crippen molar-refractivity contribution >= 4 is 18.4 Å². The van der Waals surface area contributed by atoms with E-state index >= 15 is 0 Å². The molecule has 0 spiro atoms. The Balaban J connectivity index is 0.00000324. The van der Waals surface area contributed by atoms with E-state index in [0.29, 0.717) is 12.0 Å². The maximum Gasteiger partial charge on any atom is 0.313 e. The number of benzene rings is 1. The SMILES string of the molecule is CCc1cccc([C@@H](N)C(C)(C)C(=O)OC)c1O.Cl. The molecule has 5 heteroatoms. The summed E-state index contributed by atoms with van der Waals surface area (Å²) in [4.78, 5) is 11.7. The summed E-state index contributed by atoms with van der Waals surface area (Å²) in [5.74, 6) is -0.222. The summed E-state index contributed by atoms with van der Waals surface area (Å²) in [7, 11) is 1.33. The Morgan fingerprint density at radius 1 is 1.47 bits per heavy atom. The molecule has 0 saturated carbocycles. The normalized spacial score (nSPS) is 12.5. The van der Waals surface area contributed by atoms with Crippen LogP contribution in [0.2, 0.25) is 0 Å². The zero-order chi connectivity index (χ0) is 13.9. The number of aryl methyl sites for hydroxylation is 1. The molecule has 0 heterocycles. The largest absolute Gasteiger partial charge is 0.507 e. The molecule has 19 heavy (non-hydrogen) atoms. The van der Waals surface area contributed by atoms with E-state index < -0.39 is 17.4 Å². The van der Waals surface area contributed by atoms with Gasteiger partial charge in [0.05, 0.1) is 12.5 Å². The van der Waals surface area contributed by atoms with Gasteiger partial charge in [0.2, 0.25) is 0 Å². The number of halogens is 1. The van der Waals surface area contributed by atoms with Crippen molar-refractivity contribution in [1.29, 1.82) is 0 Å². The van der Waals surface area contributed by atoms with E-state index in [4.69, 9.17) is 10.5 Å². The average Bonchev–Trinajstić information content (AvgIpc) is 2.37. The van der Waals surface area contributed by atoms with Crippen LogP contribution in [-0.4, -0.2) is 18.2 Å². The minimum absolute atomic E-state index is 0. The van der Waals surface area contributed by atoms with Gasteiger partial charge in [-0.2, -0.15) is 0 Å². The highest BCUT2D eigenvalue weighted by molar-refractivity contribution is 5.85. The minimum atomic E-state index is -0.890. The van der Waals surface area contributed by atoms with Gasteiger partial charge in [-0.05, 0) is 25.8 Å². The van der Waals surface area contributed by atoms with Crippen LogP contribution in [0.5, 0.6) is 5.75 Å². The predicted molar refractivity (Wildman–Crippen MR) is 77.5 cm³/mol. The van der Waals surface area contributed by atoms with Crippen LogP contribution < -0.4 is 5.73 Å². The monoisotopic (exact) mass is 287 g/mol. The molecule has 0 aliphatic rings. The van der Waals surface area contributed by atoms with E-state index in [1.807, 2.05) is 19.1 Å². The standard InChI is InChI=1S/C14H21NO3.ClH/c1-5-9-7-6-8-10(11(9)16)12(15)14(2,3)13(17)18-4;/h6-8,12,16H,5,15H2,1-4H3;1H/t12-;/m1./s1. The van der Waals surface area contributed by atoms with Crippen LogP contribution in [0, 0.1) is 5.41 Å². The van der Waals surface area contributed by atoms with Gasteiger partial charge in [-0.25, -0.2) is 0 Å². The third kappa shape index (κ3) is 3.39. The number of phenols is 1. The fourth-order valence-electron chi connectivity index (χ4n) is 1.93. The maximum absolute atomic E-state index is 11.7. The first-order valence-electron chi connectivity index (χ1n) is 6.01. The number of carbonyl (C=O) groups is 1. The highest BCUT2D eigenvalue weighted by atomic mass is 35.5. The van der Waals surface area contributed by atoms with Crippen molar-refractivity contribution in [3.63, 3.8) is 0 Å². The summed E-state index contributed by atoms with van der Waals surface area (Å²) in [5.41, 5.74) is 6.62. The molecule has 1 aromatic carbocycles. The van der Waals surface area contributed by atoms with Crippen molar-refractivity contribution < 1.29 is 14.6 Å². The van der Waals surface area contributed by atoms with Gasteiger partial charge in [0.25, 0.3) is 0 Å². The Kier molecular flexibility index (Phi) is 6.33. The molecule has 108 valence electrons. The fraction of sp³-hybridized carbons (Fsp3) is 0.500. The van der Waals surface area contributed by atoms with Crippen molar-refractivity contribution in [1.82, 2.24) is 0 Å². The minimum Gasteiger partial charge on any atom is -0.507 e. The first-order chi connectivity index (χ1) is 8.36. The van der Waals surface area contributed by atoms with Crippen molar-refractivity contribution in [2.75, 3.05) is 7.11 Å². The lowest BCUT2D eigenvalue weighted by molar-refractivity contribution is -0.152. The molecule has 0 radical (unpaired) electrons. The molecule has 0 aliphatic carbocycles. The summed E-state index contributed by atoms with van der Waals surface area (Å²) in [6.45, 7) is 5.37. The molecule has 0 fully saturated rings. The highest BCUT2D eigenvalue weighted by Gasteiger charge is 2.37. The topological polar surface area (TPSA) is 72.6 Å². The number of hydrogen-bond donors (Lipinski definition) is 2. The van der Waals surface area contributed by atoms with E-state index in [1.165, 1.54) is 7.11 Å². The van der Waals surface area contributed by atoms with Crippen LogP contribution >= 0.6 is 12.4 Å². The number of esters is 1. The summed E-state index contributed by atoms with van der Waals surface area (Å²) < 4.78 is 4.75. The molecule has 4 nitrogen and oxygen atoms in total. The van der Waals surface area contributed by atoms with E-state index in [0.717, 1.165) is 5.56 Å². The summed E-state index contributed by atoms with van der Waals surface area (Å²) >= 11 is 0. The van der Waals surface area contributed by atoms with Crippen LogP contribution in [0.4, 0.5) is 0 Å². The first-order valence-corrected chi connectivity index (χ1v) is 6.01. The summed E-state index contributed by atoms with van der Waals surface area (Å²) in [6.07, 6.45) is 0.713. The van der Waals surface area contributed by atoms with Crippen LogP contribution in [-0.2, 0) is 16.0 Å². The lowest BCUT2D eigenvalue weighted by atomic mass is 9.80. The number of methoxy groups -OCH3 is 1. The fourth-order valence-corrected chi connectivity index (χ4v) is 1.93. The second-order valence-electron chi connectivity index (χ2n) is 4.90. The number of aromatic hydroxyl groups is 1. The van der Waals surface area contributed by atoms with Crippen LogP contribution in [0.3, 0.4) is 0 Å². The van der Waals surface area contributed by atoms with Gasteiger partial charge >= 0.3 is 5.97 Å². The third-order valence-electron chi connectivity index (χ3n) is 3.36. The zero-order valence-corrected chi connectivity index (χ0v) is 12.6. The molecular weight excluding hydrogens is 266 g/mol. The molecule has 0 aromatic heterocycles. The smallest absolute Gasteiger partial charge is 0.313 e. The van der Waals surface area contributed by atoms with Gasteiger partial charge in [-0.3, -0.25) is 4.79 Å². The summed E-state index contributed by atoms with van der Waals surface area (Å²) in [6, 6.07) is 4.80. The first kappa shape index (κ1) is 17.7. The molecule has 0 saturated heterocycles. The molecule has 1 rings (SSSR count). The molecule has 0 aliphatic heterocycles. The van der Waals surface area contributed by atoms with Crippen LogP contribution in [0.1, 0.15) is 37.9 Å². The Morgan fingerprint density at radius 3 is 2.53 bits per heavy atom. The molecule has 3 N–H and O–H groups in total.